The standard InChI is InChI=1S/C8H20O4Si2/c1-13(2)9-5-7-11-14(3,4)12-8-6-10-13/h5-8H2,1-4H3. The molecular formula is C8H20O4Si2. The molecule has 0 amide bonds. The van der Waals surface area contributed by atoms with E-state index in [0.29, 0.717) is 26.4 Å². The molecule has 0 aromatic rings. The Morgan fingerprint density at radius 2 is 0.786 bits per heavy atom. The second-order valence-electron chi connectivity index (χ2n) is 4.19. The molecule has 0 aliphatic carbocycles. The van der Waals surface area contributed by atoms with E-state index in [0.717, 1.165) is 0 Å². The fourth-order valence-corrected chi connectivity index (χ4v) is 3.70. The van der Waals surface area contributed by atoms with Gasteiger partial charge in [-0.25, -0.2) is 0 Å². The van der Waals surface area contributed by atoms with Crippen molar-refractivity contribution >= 4 is 17.1 Å². The first-order valence-corrected chi connectivity index (χ1v) is 10.6. The van der Waals surface area contributed by atoms with E-state index in [1.807, 2.05) is 26.2 Å². The Bertz CT molecular complexity index is 148. The van der Waals surface area contributed by atoms with Crippen LogP contribution in [-0.2, 0) is 17.7 Å². The monoisotopic (exact) mass is 236 g/mol. The third kappa shape index (κ3) is 4.67. The Balaban J connectivity index is 2.42. The summed E-state index contributed by atoms with van der Waals surface area (Å²) in [6.45, 7) is 10.6. The molecule has 0 radical (unpaired) electrons. The zero-order chi connectivity index (χ0) is 10.7. The molecule has 1 aliphatic rings. The third-order valence-electron chi connectivity index (χ3n) is 1.97. The maximum absolute atomic E-state index is 5.66. The molecule has 1 rings (SSSR count). The van der Waals surface area contributed by atoms with Crippen molar-refractivity contribution in [1.82, 2.24) is 0 Å². The van der Waals surface area contributed by atoms with Crippen LogP contribution in [0.1, 0.15) is 0 Å². The van der Waals surface area contributed by atoms with E-state index in [9.17, 15) is 0 Å². The van der Waals surface area contributed by atoms with Crippen molar-refractivity contribution in [1.29, 1.82) is 0 Å². The quantitative estimate of drug-likeness (QED) is 0.597. The summed E-state index contributed by atoms with van der Waals surface area (Å²) in [5.74, 6) is 0. The molecule has 0 spiro atoms. The van der Waals surface area contributed by atoms with Gasteiger partial charge >= 0.3 is 17.1 Å². The maximum Gasteiger partial charge on any atom is 0.331 e. The molecule has 1 fully saturated rings. The Morgan fingerprint density at radius 3 is 1.00 bits per heavy atom. The van der Waals surface area contributed by atoms with Crippen molar-refractivity contribution in [3.63, 3.8) is 0 Å². The Morgan fingerprint density at radius 1 is 0.571 bits per heavy atom. The van der Waals surface area contributed by atoms with Gasteiger partial charge in [0, 0.05) is 0 Å². The SMILES string of the molecule is C[Si]1(C)OCCO[Si](C)(C)OCCO1. The lowest BCUT2D eigenvalue weighted by atomic mass is 10.8. The molecule has 0 unspecified atom stereocenters. The fourth-order valence-electron chi connectivity index (χ4n) is 1.23. The second kappa shape index (κ2) is 4.86. The normalized spacial score (nSPS) is 28.3. The molecule has 0 aromatic carbocycles. The van der Waals surface area contributed by atoms with Crippen LogP contribution in [0.5, 0.6) is 0 Å². The first kappa shape index (κ1) is 12.3. The molecule has 0 N–H and O–H groups in total. The van der Waals surface area contributed by atoms with Gasteiger partial charge in [0.1, 0.15) is 0 Å². The molecule has 1 aliphatic heterocycles. The lowest BCUT2D eigenvalue weighted by molar-refractivity contribution is 0.0806. The molecule has 0 atom stereocenters. The molecule has 0 bridgehead atoms. The minimum Gasteiger partial charge on any atom is -0.392 e. The van der Waals surface area contributed by atoms with E-state index in [1.165, 1.54) is 0 Å². The Labute approximate surface area is 88.0 Å². The highest BCUT2D eigenvalue weighted by Crippen LogP contribution is 2.11. The van der Waals surface area contributed by atoms with Gasteiger partial charge in [-0.2, -0.15) is 0 Å². The average molecular weight is 236 g/mol. The molecule has 0 saturated carbocycles. The van der Waals surface area contributed by atoms with E-state index in [-0.39, 0.29) is 0 Å². The van der Waals surface area contributed by atoms with Gasteiger partial charge in [0.2, 0.25) is 0 Å². The van der Waals surface area contributed by atoms with Gasteiger partial charge in [0.15, 0.2) is 0 Å². The maximum atomic E-state index is 5.66. The van der Waals surface area contributed by atoms with Crippen LogP contribution < -0.4 is 0 Å². The summed E-state index contributed by atoms with van der Waals surface area (Å²) in [5, 5.41) is 0. The van der Waals surface area contributed by atoms with Crippen LogP contribution in [0, 0.1) is 0 Å². The summed E-state index contributed by atoms with van der Waals surface area (Å²) >= 11 is 0. The summed E-state index contributed by atoms with van der Waals surface area (Å²) in [5.41, 5.74) is 0. The Kier molecular flexibility index (Phi) is 4.29. The van der Waals surface area contributed by atoms with E-state index in [4.69, 9.17) is 17.7 Å². The minimum absolute atomic E-state index is 0.610. The van der Waals surface area contributed by atoms with E-state index >= 15 is 0 Å². The zero-order valence-electron chi connectivity index (χ0n) is 9.46. The lowest BCUT2D eigenvalue weighted by Crippen LogP contribution is -2.43. The topological polar surface area (TPSA) is 36.9 Å². The van der Waals surface area contributed by atoms with Crippen molar-refractivity contribution in [2.75, 3.05) is 26.4 Å². The fraction of sp³-hybridized carbons (Fsp3) is 1.00. The van der Waals surface area contributed by atoms with Crippen molar-refractivity contribution in [2.45, 2.75) is 26.2 Å². The highest BCUT2D eigenvalue weighted by Gasteiger charge is 2.29. The molecule has 84 valence electrons. The average Bonchev–Trinajstić information content (AvgIpc) is 2.07. The highest BCUT2D eigenvalue weighted by molar-refractivity contribution is 6.65. The smallest absolute Gasteiger partial charge is 0.331 e. The minimum atomic E-state index is -1.92. The predicted molar refractivity (Wildman–Crippen MR) is 58.8 cm³/mol. The number of hydrogen-bond donors (Lipinski definition) is 0. The molecule has 4 nitrogen and oxygen atoms in total. The first-order chi connectivity index (χ1) is 6.41. The largest absolute Gasteiger partial charge is 0.392 e. The summed E-state index contributed by atoms with van der Waals surface area (Å²) in [6, 6.07) is 0. The van der Waals surface area contributed by atoms with Crippen LogP contribution in [0.3, 0.4) is 0 Å². The Hall–Kier alpha value is 0.274. The third-order valence-corrected chi connectivity index (χ3v) is 5.56. The summed E-state index contributed by atoms with van der Waals surface area (Å²) in [6.07, 6.45) is 0. The van der Waals surface area contributed by atoms with Gasteiger partial charge in [-0.05, 0) is 26.2 Å². The lowest BCUT2D eigenvalue weighted by Gasteiger charge is -2.29. The summed E-state index contributed by atoms with van der Waals surface area (Å²) < 4.78 is 22.6. The van der Waals surface area contributed by atoms with Crippen molar-refractivity contribution in [3.8, 4) is 0 Å². The number of rotatable bonds is 0. The van der Waals surface area contributed by atoms with Crippen LogP contribution in [0.25, 0.3) is 0 Å². The molecule has 6 heteroatoms. The molecular weight excluding hydrogens is 216 g/mol. The van der Waals surface area contributed by atoms with Gasteiger partial charge < -0.3 is 17.7 Å². The predicted octanol–water partition coefficient (Wildman–Crippen LogP) is 1.47. The molecule has 0 aromatic heterocycles. The van der Waals surface area contributed by atoms with E-state index in [2.05, 4.69) is 0 Å². The van der Waals surface area contributed by atoms with Gasteiger partial charge in [-0.1, -0.05) is 0 Å². The van der Waals surface area contributed by atoms with Gasteiger partial charge in [0.25, 0.3) is 0 Å². The van der Waals surface area contributed by atoms with Gasteiger partial charge in [-0.3, -0.25) is 0 Å². The van der Waals surface area contributed by atoms with Gasteiger partial charge in [-0.15, -0.1) is 0 Å². The zero-order valence-corrected chi connectivity index (χ0v) is 11.5. The molecule has 1 heterocycles. The van der Waals surface area contributed by atoms with Crippen molar-refractivity contribution < 1.29 is 17.7 Å². The molecule has 14 heavy (non-hydrogen) atoms. The van der Waals surface area contributed by atoms with Crippen LogP contribution in [0.15, 0.2) is 0 Å². The first-order valence-electron chi connectivity index (χ1n) is 4.97. The van der Waals surface area contributed by atoms with Crippen LogP contribution >= 0.6 is 0 Å². The summed E-state index contributed by atoms with van der Waals surface area (Å²) in [4.78, 5) is 0. The van der Waals surface area contributed by atoms with Crippen LogP contribution in [0.2, 0.25) is 26.2 Å². The molecule has 1 saturated heterocycles. The van der Waals surface area contributed by atoms with E-state index in [1.54, 1.807) is 0 Å². The number of hydrogen-bond acceptors (Lipinski definition) is 4. The van der Waals surface area contributed by atoms with Crippen molar-refractivity contribution in [2.24, 2.45) is 0 Å². The van der Waals surface area contributed by atoms with Crippen LogP contribution in [0.4, 0.5) is 0 Å². The van der Waals surface area contributed by atoms with Crippen LogP contribution in [-0.4, -0.2) is 43.5 Å². The highest BCUT2D eigenvalue weighted by atomic mass is 28.4. The second-order valence-corrected chi connectivity index (χ2v) is 10.9. The van der Waals surface area contributed by atoms with E-state index < -0.39 is 17.1 Å². The van der Waals surface area contributed by atoms with Crippen molar-refractivity contribution in [3.05, 3.63) is 0 Å². The summed E-state index contributed by atoms with van der Waals surface area (Å²) in [7, 11) is -3.84. The van der Waals surface area contributed by atoms with Gasteiger partial charge in [0.05, 0.1) is 26.4 Å².